The maximum absolute atomic E-state index is 13.0. The monoisotopic (exact) mass is 259 g/mol. The van der Waals surface area contributed by atoms with Crippen molar-refractivity contribution in [1.29, 1.82) is 0 Å². The van der Waals surface area contributed by atoms with Crippen LogP contribution >= 0.6 is 0 Å². The van der Waals surface area contributed by atoms with Gasteiger partial charge in [0, 0.05) is 11.3 Å². The zero-order valence-electron chi connectivity index (χ0n) is 9.88. The van der Waals surface area contributed by atoms with E-state index < -0.39 is 18.8 Å². The molecule has 0 aliphatic rings. The molecule has 0 aliphatic carbocycles. The molecule has 3 N–H and O–H groups in total. The van der Waals surface area contributed by atoms with Crippen molar-refractivity contribution in [2.75, 3.05) is 5.32 Å². The molecule has 4 nitrogen and oxygen atoms in total. The SMILES string of the molecule is O=C(Nc1cccc(F)c1)c1cccc(B(O)O)c1. The van der Waals surface area contributed by atoms with Gasteiger partial charge in [0.2, 0.25) is 0 Å². The molecular weight excluding hydrogens is 248 g/mol. The Labute approximate surface area is 109 Å². The summed E-state index contributed by atoms with van der Waals surface area (Å²) in [7, 11) is -1.64. The highest BCUT2D eigenvalue weighted by atomic mass is 19.1. The Morgan fingerprint density at radius 1 is 1.11 bits per heavy atom. The van der Waals surface area contributed by atoms with Crippen molar-refractivity contribution in [2.24, 2.45) is 0 Å². The first-order chi connectivity index (χ1) is 9.06. The van der Waals surface area contributed by atoms with E-state index >= 15 is 0 Å². The van der Waals surface area contributed by atoms with Crippen LogP contribution in [0.25, 0.3) is 0 Å². The van der Waals surface area contributed by atoms with Crippen molar-refractivity contribution in [1.82, 2.24) is 0 Å². The van der Waals surface area contributed by atoms with Gasteiger partial charge in [-0.2, -0.15) is 0 Å². The number of carbonyl (C=O) groups is 1. The van der Waals surface area contributed by atoms with Gasteiger partial charge in [0.1, 0.15) is 5.82 Å². The van der Waals surface area contributed by atoms with E-state index in [0.29, 0.717) is 5.69 Å². The molecule has 2 rings (SSSR count). The summed E-state index contributed by atoms with van der Waals surface area (Å²) in [4.78, 5) is 11.9. The van der Waals surface area contributed by atoms with Gasteiger partial charge in [-0.3, -0.25) is 4.79 Å². The molecule has 19 heavy (non-hydrogen) atoms. The lowest BCUT2D eigenvalue weighted by Crippen LogP contribution is -2.30. The van der Waals surface area contributed by atoms with Crippen molar-refractivity contribution in [3.63, 3.8) is 0 Å². The van der Waals surface area contributed by atoms with Crippen LogP contribution < -0.4 is 10.8 Å². The summed E-state index contributed by atoms with van der Waals surface area (Å²) in [5, 5.41) is 20.6. The van der Waals surface area contributed by atoms with Gasteiger partial charge in [0.05, 0.1) is 0 Å². The van der Waals surface area contributed by atoms with Crippen LogP contribution in [0.1, 0.15) is 10.4 Å². The first-order valence-electron chi connectivity index (χ1n) is 5.59. The lowest BCUT2D eigenvalue weighted by Gasteiger charge is -2.06. The fraction of sp³-hybridized carbons (Fsp3) is 0. The number of carbonyl (C=O) groups excluding carboxylic acids is 1. The number of rotatable bonds is 3. The average molecular weight is 259 g/mol. The fourth-order valence-electron chi connectivity index (χ4n) is 1.61. The molecule has 0 fully saturated rings. The van der Waals surface area contributed by atoms with Crippen LogP contribution in [-0.4, -0.2) is 23.1 Å². The zero-order chi connectivity index (χ0) is 13.8. The van der Waals surface area contributed by atoms with Gasteiger partial charge in [0.25, 0.3) is 5.91 Å². The number of benzene rings is 2. The second-order valence-electron chi connectivity index (χ2n) is 3.96. The standard InChI is InChI=1S/C13H11BFNO3/c15-11-5-2-6-12(8-11)16-13(17)9-3-1-4-10(7-9)14(18)19/h1-8,18-19H,(H,16,17). The summed E-state index contributed by atoms with van der Waals surface area (Å²) in [6, 6.07) is 11.4. The van der Waals surface area contributed by atoms with Crippen LogP contribution in [0.15, 0.2) is 48.5 Å². The Bertz CT molecular complexity index is 604. The summed E-state index contributed by atoms with van der Waals surface area (Å²) in [5.41, 5.74) is 0.807. The van der Waals surface area contributed by atoms with Crippen molar-refractivity contribution in [2.45, 2.75) is 0 Å². The number of halogens is 1. The highest BCUT2D eigenvalue weighted by Crippen LogP contribution is 2.10. The summed E-state index contributed by atoms with van der Waals surface area (Å²) in [6.07, 6.45) is 0. The van der Waals surface area contributed by atoms with Crippen LogP contribution in [0.4, 0.5) is 10.1 Å². The number of hydrogen-bond donors (Lipinski definition) is 3. The molecule has 0 radical (unpaired) electrons. The molecular formula is C13H11BFNO3. The predicted octanol–water partition coefficient (Wildman–Crippen LogP) is 0.758. The zero-order valence-corrected chi connectivity index (χ0v) is 9.88. The maximum atomic E-state index is 13.0. The van der Waals surface area contributed by atoms with E-state index in [9.17, 15) is 9.18 Å². The van der Waals surface area contributed by atoms with E-state index in [2.05, 4.69) is 5.32 Å². The maximum Gasteiger partial charge on any atom is 0.488 e. The number of nitrogens with one attached hydrogen (secondary N) is 1. The van der Waals surface area contributed by atoms with Gasteiger partial charge in [0.15, 0.2) is 0 Å². The smallest absolute Gasteiger partial charge is 0.423 e. The Morgan fingerprint density at radius 2 is 1.84 bits per heavy atom. The van der Waals surface area contributed by atoms with Crippen LogP contribution in [0.2, 0.25) is 0 Å². The van der Waals surface area contributed by atoms with E-state index in [-0.39, 0.29) is 11.0 Å². The lowest BCUT2D eigenvalue weighted by atomic mass is 9.79. The first-order valence-corrected chi connectivity index (χ1v) is 5.59. The second-order valence-corrected chi connectivity index (χ2v) is 3.96. The van der Waals surface area contributed by atoms with Crippen molar-refractivity contribution < 1.29 is 19.2 Å². The molecule has 6 heteroatoms. The van der Waals surface area contributed by atoms with Crippen molar-refractivity contribution in [3.8, 4) is 0 Å². The molecule has 0 bridgehead atoms. The van der Waals surface area contributed by atoms with Crippen LogP contribution in [0.3, 0.4) is 0 Å². The minimum absolute atomic E-state index is 0.215. The Balaban J connectivity index is 2.18. The minimum Gasteiger partial charge on any atom is -0.423 e. The summed E-state index contributed by atoms with van der Waals surface area (Å²) in [6.45, 7) is 0. The van der Waals surface area contributed by atoms with Gasteiger partial charge >= 0.3 is 7.12 Å². The molecule has 1 amide bonds. The summed E-state index contributed by atoms with van der Waals surface area (Å²) >= 11 is 0. The number of hydrogen-bond acceptors (Lipinski definition) is 3. The van der Waals surface area contributed by atoms with Crippen LogP contribution in [-0.2, 0) is 0 Å². The molecule has 2 aromatic carbocycles. The van der Waals surface area contributed by atoms with Crippen LogP contribution in [0.5, 0.6) is 0 Å². The quantitative estimate of drug-likeness (QED) is 0.712. The van der Waals surface area contributed by atoms with Crippen LogP contribution in [0, 0.1) is 5.82 Å². The molecule has 0 aliphatic heterocycles. The summed E-state index contributed by atoms with van der Waals surface area (Å²) in [5.74, 6) is -0.898. The second kappa shape index (κ2) is 5.64. The molecule has 0 saturated carbocycles. The lowest BCUT2D eigenvalue weighted by molar-refractivity contribution is 0.102. The predicted molar refractivity (Wildman–Crippen MR) is 70.6 cm³/mol. The van der Waals surface area contributed by atoms with E-state index in [0.717, 1.165) is 0 Å². The molecule has 0 aromatic heterocycles. The fourth-order valence-corrected chi connectivity index (χ4v) is 1.61. The average Bonchev–Trinajstić information content (AvgIpc) is 2.39. The molecule has 0 atom stereocenters. The highest BCUT2D eigenvalue weighted by Gasteiger charge is 2.13. The van der Waals surface area contributed by atoms with Crippen molar-refractivity contribution >= 4 is 24.2 Å². The third kappa shape index (κ3) is 3.40. The first kappa shape index (κ1) is 13.3. The Kier molecular flexibility index (Phi) is 3.94. The van der Waals surface area contributed by atoms with Crippen molar-refractivity contribution in [3.05, 3.63) is 59.9 Å². The molecule has 0 unspecified atom stereocenters. The normalized spacial score (nSPS) is 10.1. The number of anilines is 1. The van der Waals surface area contributed by atoms with Gasteiger partial charge in [-0.15, -0.1) is 0 Å². The Morgan fingerprint density at radius 3 is 2.53 bits per heavy atom. The van der Waals surface area contributed by atoms with Gasteiger partial charge in [-0.05, 0) is 35.8 Å². The third-order valence-corrected chi connectivity index (χ3v) is 2.53. The van der Waals surface area contributed by atoms with E-state index in [1.807, 2.05) is 0 Å². The van der Waals surface area contributed by atoms with E-state index in [1.165, 1.54) is 42.5 Å². The molecule has 0 saturated heterocycles. The highest BCUT2D eigenvalue weighted by molar-refractivity contribution is 6.58. The third-order valence-electron chi connectivity index (χ3n) is 2.53. The van der Waals surface area contributed by atoms with Gasteiger partial charge in [-0.25, -0.2) is 4.39 Å². The molecule has 2 aromatic rings. The largest absolute Gasteiger partial charge is 0.488 e. The molecule has 96 valence electrons. The molecule has 0 heterocycles. The number of amides is 1. The Hall–Kier alpha value is -2.18. The summed E-state index contributed by atoms with van der Waals surface area (Å²) < 4.78 is 13.0. The van der Waals surface area contributed by atoms with Gasteiger partial charge in [-0.1, -0.05) is 18.2 Å². The van der Waals surface area contributed by atoms with E-state index in [4.69, 9.17) is 10.0 Å². The van der Waals surface area contributed by atoms with Gasteiger partial charge < -0.3 is 15.4 Å². The minimum atomic E-state index is -1.64. The topological polar surface area (TPSA) is 69.6 Å². The molecule has 0 spiro atoms. The van der Waals surface area contributed by atoms with E-state index in [1.54, 1.807) is 6.07 Å².